The van der Waals surface area contributed by atoms with Gasteiger partial charge in [-0.3, -0.25) is 4.79 Å². The van der Waals surface area contributed by atoms with Crippen LogP contribution < -0.4 is 0 Å². The SMILES string of the molecule is CC(=O)OC1CCC23CC24CCC2(C)C(CC(O)C2C2(C)CCC(C(C)(C)O)O2)C4CCC3C1C. The van der Waals surface area contributed by atoms with E-state index < -0.39 is 5.60 Å². The molecular formula is C30H48O5. The molecule has 1 aliphatic heterocycles. The Bertz CT molecular complexity index is 896. The summed E-state index contributed by atoms with van der Waals surface area (Å²) >= 11 is 0. The van der Waals surface area contributed by atoms with Crippen LogP contribution >= 0.6 is 0 Å². The zero-order valence-electron chi connectivity index (χ0n) is 22.8. The quantitative estimate of drug-likeness (QED) is 0.530. The fourth-order valence-corrected chi connectivity index (χ4v) is 11.6. The minimum Gasteiger partial charge on any atom is -0.462 e. The number of carbonyl (C=O) groups excluding carboxylic acids is 1. The summed E-state index contributed by atoms with van der Waals surface area (Å²) in [6, 6.07) is 0. The van der Waals surface area contributed by atoms with Crippen molar-refractivity contribution in [3.63, 3.8) is 0 Å². The van der Waals surface area contributed by atoms with Crippen LogP contribution in [0.15, 0.2) is 0 Å². The number of carbonyl (C=O) groups is 1. The van der Waals surface area contributed by atoms with E-state index in [1.54, 1.807) is 6.92 Å². The molecule has 0 amide bonds. The highest BCUT2D eigenvalue weighted by Gasteiger charge is 2.80. The Labute approximate surface area is 211 Å². The predicted molar refractivity (Wildman–Crippen MR) is 133 cm³/mol. The van der Waals surface area contributed by atoms with Crippen molar-refractivity contribution in [3.05, 3.63) is 0 Å². The van der Waals surface area contributed by atoms with Crippen LogP contribution in [0.5, 0.6) is 0 Å². The van der Waals surface area contributed by atoms with Crippen LogP contribution in [0.1, 0.15) is 106 Å². The number of hydrogen-bond donors (Lipinski definition) is 2. The minimum absolute atomic E-state index is 0.0899. The molecule has 0 aromatic rings. The van der Waals surface area contributed by atoms with Gasteiger partial charge in [0.1, 0.15) is 6.10 Å². The summed E-state index contributed by atoms with van der Waals surface area (Å²) in [5.74, 6) is 2.38. The summed E-state index contributed by atoms with van der Waals surface area (Å²) in [4.78, 5) is 11.7. The first kappa shape index (κ1) is 24.7. The predicted octanol–water partition coefficient (Wildman–Crippen LogP) is 5.26. The van der Waals surface area contributed by atoms with Crippen molar-refractivity contribution in [3.8, 4) is 0 Å². The van der Waals surface area contributed by atoms with Gasteiger partial charge in [-0.25, -0.2) is 0 Å². The average molecular weight is 489 g/mol. The van der Waals surface area contributed by atoms with E-state index >= 15 is 0 Å². The second-order valence-corrected chi connectivity index (χ2v) is 14.8. The number of ether oxygens (including phenoxy) is 2. The van der Waals surface area contributed by atoms with Crippen molar-refractivity contribution in [1.82, 2.24) is 0 Å². The van der Waals surface area contributed by atoms with Gasteiger partial charge in [0.25, 0.3) is 0 Å². The monoisotopic (exact) mass is 488 g/mol. The number of esters is 1. The van der Waals surface area contributed by atoms with E-state index in [0.717, 1.165) is 25.7 Å². The summed E-state index contributed by atoms with van der Waals surface area (Å²) in [6.07, 6.45) is 10.8. The lowest BCUT2D eigenvalue weighted by Gasteiger charge is -2.58. The number of aliphatic hydroxyl groups excluding tert-OH is 1. The first-order chi connectivity index (χ1) is 16.3. The van der Waals surface area contributed by atoms with Crippen LogP contribution in [0.4, 0.5) is 0 Å². The van der Waals surface area contributed by atoms with Gasteiger partial charge < -0.3 is 19.7 Å². The van der Waals surface area contributed by atoms with Crippen LogP contribution in [-0.4, -0.2) is 45.7 Å². The van der Waals surface area contributed by atoms with E-state index in [0.29, 0.717) is 34.5 Å². The molecule has 5 saturated carbocycles. The van der Waals surface area contributed by atoms with Gasteiger partial charge in [-0.1, -0.05) is 13.8 Å². The van der Waals surface area contributed by atoms with E-state index in [2.05, 4.69) is 20.8 Å². The Hall–Kier alpha value is -0.650. The molecule has 6 fully saturated rings. The normalized spacial score (nSPS) is 57.0. The largest absolute Gasteiger partial charge is 0.462 e. The molecule has 2 N–H and O–H groups in total. The molecule has 12 atom stereocenters. The van der Waals surface area contributed by atoms with Gasteiger partial charge in [-0.05, 0) is 125 Å². The molecule has 2 spiro atoms. The van der Waals surface area contributed by atoms with Gasteiger partial charge in [0, 0.05) is 12.8 Å². The summed E-state index contributed by atoms with van der Waals surface area (Å²) in [5.41, 5.74) is -0.241. The van der Waals surface area contributed by atoms with Gasteiger partial charge in [-0.2, -0.15) is 0 Å². The molecule has 0 bridgehead atoms. The van der Waals surface area contributed by atoms with Crippen molar-refractivity contribution in [1.29, 1.82) is 0 Å². The highest BCUT2D eigenvalue weighted by atomic mass is 16.5. The zero-order chi connectivity index (χ0) is 25.2. The molecule has 5 nitrogen and oxygen atoms in total. The third kappa shape index (κ3) is 3.19. The molecule has 0 aromatic carbocycles. The molecule has 1 saturated heterocycles. The number of fused-ring (bicyclic) bond motifs is 2. The number of aliphatic hydroxyl groups is 2. The summed E-state index contributed by atoms with van der Waals surface area (Å²) in [7, 11) is 0. The third-order valence-electron chi connectivity index (χ3n) is 12.9. The molecule has 6 aliphatic rings. The average Bonchev–Trinajstić information content (AvgIpc) is 3.09. The van der Waals surface area contributed by atoms with E-state index in [4.69, 9.17) is 9.47 Å². The summed E-state index contributed by atoms with van der Waals surface area (Å²) in [5, 5.41) is 22.2. The molecule has 0 radical (unpaired) electrons. The second kappa shape index (κ2) is 7.47. The van der Waals surface area contributed by atoms with Crippen molar-refractivity contribution in [2.45, 2.75) is 135 Å². The Kier molecular flexibility index (Phi) is 5.27. The van der Waals surface area contributed by atoms with Gasteiger partial charge in [-0.15, -0.1) is 0 Å². The standard InChI is InChI=1S/C30H48O5/c1-17-19-7-8-20-21-15-22(32)25(28(6)11-10-24(35-28)26(3,4)33)27(21,5)13-14-30(20)16-29(19,30)12-9-23(17)34-18(2)31/h17,19-25,32-33H,7-16H2,1-6H3. The minimum atomic E-state index is -0.849. The van der Waals surface area contributed by atoms with Crippen LogP contribution in [0.3, 0.4) is 0 Å². The first-order valence-corrected chi connectivity index (χ1v) is 14.5. The van der Waals surface area contributed by atoms with Gasteiger partial charge >= 0.3 is 5.97 Å². The molecule has 12 unspecified atom stereocenters. The Morgan fingerprint density at radius 3 is 2.31 bits per heavy atom. The maximum atomic E-state index is 11.7. The van der Waals surface area contributed by atoms with Crippen LogP contribution in [0.25, 0.3) is 0 Å². The first-order valence-electron chi connectivity index (χ1n) is 14.5. The molecule has 198 valence electrons. The van der Waals surface area contributed by atoms with Crippen molar-refractivity contribution in [2.24, 2.45) is 45.8 Å². The summed E-state index contributed by atoms with van der Waals surface area (Å²) < 4.78 is 12.4. The van der Waals surface area contributed by atoms with Crippen LogP contribution in [-0.2, 0) is 14.3 Å². The fraction of sp³-hybridized carbons (Fsp3) is 0.967. The molecule has 5 aliphatic carbocycles. The Morgan fingerprint density at radius 1 is 0.971 bits per heavy atom. The zero-order valence-corrected chi connectivity index (χ0v) is 22.8. The molecule has 6 rings (SSSR count). The molecule has 0 aromatic heterocycles. The van der Waals surface area contributed by atoms with E-state index in [-0.39, 0.29) is 41.2 Å². The molecule has 1 heterocycles. The van der Waals surface area contributed by atoms with Gasteiger partial charge in [0.15, 0.2) is 0 Å². The second-order valence-electron chi connectivity index (χ2n) is 14.8. The topological polar surface area (TPSA) is 76.0 Å². The van der Waals surface area contributed by atoms with E-state index in [9.17, 15) is 15.0 Å². The van der Waals surface area contributed by atoms with Gasteiger partial charge in [0.2, 0.25) is 0 Å². The van der Waals surface area contributed by atoms with E-state index in [1.165, 1.54) is 38.5 Å². The molecule has 35 heavy (non-hydrogen) atoms. The molecule has 5 heteroatoms. The summed E-state index contributed by atoms with van der Waals surface area (Å²) in [6.45, 7) is 12.3. The van der Waals surface area contributed by atoms with Gasteiger partial charge in [0.05, 0.1) is 23.4 Å². The number of hydrogen-bond acceptors (Lipinski definition) is 5. The fourth-order valence-electron chi connectivity index (χ4n) is 11.6. The van der Waals surface area contributed by atoms with Crippen LogP contribution in [0.2, 0.25) is 0 Å². The van der Waals surface area contributed by atoms with E-state index in [1.807, 2.05) is 13.8 Å². The third-order valence-corrected chi connectivity index (χ3v) is 12.9. The highest BCUT2D eigenvalue weighted by Crippen LogP contribution is 2.86. The lowest BCUT2D eigenvalue weighted by Crippen LogP contribution is -2.54. The van der Waals surface area contributed by atoms with Crippen molar-refractivity contribution >= 4 is 5.97 Å². The highest BCUT2D eigenvalue weighted by molar-refractivity contribution is 5.66. The molecular weight excluding hydrogens is 440 g/mol. The smallest absolute Gasteiger partial charge is 0.302 e. The van der Waals surface area contributed by atoms with Crippen molar-refractivity contribution < 1.29 is 24.5 Å². The Morgan fingerprint density at radius 2 is 1.66 bits per heavy atom. The van der Waals surface area contributed by atoms with Crippen LogP contribution in [0, 0.1) is 45.8 Å². The number of rotatable bonds is 3. The lowest BCUT2D eigenvalue weighted by molar-refractivity contribution is -0.178. The lowest BCUT2D eigenvalue weighted by atomic mass is 9.47. The van der Waals surface area contributed by atoms with Crippen molar-refractivity contribution in [2.75, 3.05) is 0 Å². The Balaban J connectivity index is 1.25. The maximum Gasteiger partial charge on any atom is 0.302 e. The maximum absolute atomic E-state index is 11.7.